The Balaban J connectivity index is 1.39. The van der Waals surface area contributed by atoms with E-state index in [9.17, 15) is 32.9 Å². The number of anilines is 1. The molecule has 0 radical (unpaired) electrons. The Hall–Kier alpha value is -5.75. The first-order chi connectivity index (χ1) is 29.6. The Morgan fingerprint density at radius 1 is 0.726 bits per heavy atom. The number of halogens is 1. The van der Waals surface area contributed by atoms with Crippen molar-refractivity contribution in [1.82, 2.24) is 26.6 Å². The lowest BCUT2D eigenvalue weighted by atomic mass is 10.1. The molecule has 3 aromatic carbocycles. The van der Waals surface area contributed by atoms with Gasteiger partial charge < -0.3 is 40.7 Å². The lowest BCUT2D eigenvalue weighted by molar-refractivity contribution is -0.129. The number of phosphoric ester groups is 1. The lowest BCUT2D eigenvalue weighted by Crippen LogP contribution is -2.47. The molecule has 0 aliphatic heterocycles. The van der Waals surface area contributed by atoms with Gasteiger partial charge in [0, 0.05) is 70.4 Å². The van der Waals surface area contributed by atoms with Crippen LogP contribution in [0.15, 0.2) is 83.0 Å². The minimum atomic E-state index is -4.96. The van der Waals surface area contributed by atoms with Crippen LogP contribution in [0.2, 0.25) is 0 Å². The number of para-hydroxylation sites is 1. The molecule has 0 aliphatic carbocycles. The number of amides is 5. The number of azo groups is 1. The fourth-order valence-electron chi connectivity index (χ4n) is 5.77. The summed E-state index contributed by atoms with van der Waals surface area (Å²) < 4.78 is 36.0. The van der Waals surface area contributed by atoms with Gasteiger partial charge in [-0.1, -0.05) is 31.0 Å². The first-order valence-electron chi connectivity index (χ1n) is 20.4. The Kier molecular flexibility index (Phi) is 22.2. The molecule has 338 valence electrons. The van der Waals surface area contributed by atoms with E-state index in [1.54, 1.807) is 24.3 Å². The van der Waals surface area contributed by atoms with Crippen molar-refractivity contribution in [2.24, 2.45) is 10.2 Å². The van der Waals surface area contributed by atoms with Gasteiger partial charge in [0.2, 0.25) is 23.9 Å². The summed E-state index contributed by atoms with van der Waals surface area (Å²) in [5.41, 5.74) is 2.49. The van der Waals surface area contributed by atoms with Crippen molar-refractivity contribution >= 4 is 54.4 Å². The average molecular weight is 885 g/mol. The molecule has 20 heteroatoms. The molecule has 0 saturated heterocycles. The molecule has 0 aliphatic rings. The van der Waals surface area contributed by atoms with Crippen LogP contribution in [-0.2, 0) is 28.5 Å². The van der Waals surface area contributed by atoms with Gasteiger partial charge in [-0.3, -0.25) is 33.8 Å². The number of nitrogens with zero attached hydrogens (tertiary/aromatic N) is 3. The fourth-order valence-corrected chi connectivity index (χ4v) is 6.20. The summed E-state index contributed by atoms with van der Waals surface area (Å²) in [6, 6.07) is 18.7. The van der Waals surface area contributed by atoms with E-state index in [0.717, 1.165) is 11.8 Å². The molecular weight excluding hydrogens is 826 g/mol. The molecule has 2 unspecified atom stereocenters. The van der Waals surface area contributed by atoms with Crippen LogP contribution in [0.1, 0.15) is 80.4 Å². The number of hydrogen-bond donors (Lipinski definition) is 7. The van der Waals surface area contributed by atoms with Crippen LogP contribution in [0, 0.1) is 0 Å². The number of hydrogen-bond acceptors (Lipinski definition) is 11. The summed E-state index contributed by atoms with van der Waals surface area (Å²) in [5, 5.41) is 22.1. The van der Waals surface area contributed by atoms with Crippen LogP contribution >= 0.6 is 7.82 Å². The average Bonchev–Trinajstić information content (AvgIpc) is 3.23. The van der Waals surface area contributed by atoms with Crippen molar-refractivity contribution in [2.75, 3.05) is 58.4 Å². The normalized spacial score (nSPS) is 12.2. The van der Waals surface area contributed by atoms with Crippen LogP contribution in [-0.4, -0.2) is 98.9 Å². The molecule has 3 aromatic rings. The summed E-state index contributed by atoms with van der Waals surface area (Å²) in [6.45, 7) is 2.87. The minimum absolute atomic E-state index is 0.0112. The minimum Gasteiger partial charge on any atom is -0.404 e. The number of phosphoric acid groups is 1. The molecule has 0 saturated carbocycles. The molecule has 18 nitrogen and oxygen atoms in total. The highest BCUT2D eigenvalue weighted by Gasteiger charge is 2.26. The quantitative estimate of drug-likeness (QED) is 0.0288. The summed E-state index contributed by atoms with van der Waals surface area (Å²) >= 11 is 0. The predicted octanol–water partition coefficient (Wildman–Crippen LogP) is 5.07. The number of rotatable bonds is 28. The number of nitrogens with one attached hydrogen (secondary N) is 5. The van der Waals surface area contributed by atoms with Crippen LogP contribution in [0.25, 0.3) is 0 Å². The topological polar surface area (TPSA) is 249 Å². The second-order valence-electron chi connectivity index (χ2n) is 14.4. The van der Waals surface area contributed by atoms with Crippen molar-refractivity contribution < 1.29 is 52.0 Å². The van der Waals surface area contributed by atoms with Crippen molar-refractivity contribution in [3.05, 3.63) is 83.9 Å². The largest absolute Gasteiger partial charge is 0.524 e. The summed E-state index contributed by atoms with van der Waals surface area (Å²) in [6.07, 6.45) is 1.64. The molecule has 0 aromatic heterocycles. The lowest BCUT2D eigenvalue weighted by Gasteiger charge is -2.19. The molecule has 7 N–H and O–H groups in total. The van der Waals surface area contributed by atoms with Crippen LogP contribution in [0.3, 0.4) is 0 Å². The third-order valence-corrected chi connectivity index (χ3v) is 9.50. The predicted molar refractivity (Wildman–Crippen MR) is 231 cm³/mol. The fraction of sp³-hybridized carbons (Fsp3) is 0.452. The molecule has 0 bridgehead atoms. The third kappa shape index (κ3) is 20.2. The van der Waals surface area contributed by atoms with Crippen LogP contribution in [0.4, 0.5) is 21.5 Å². The van der Waals surface area contributed by atoms with Gasteiger partial charge in [-0.15, -0.1) is 0 Å². The van der Waals surface area contributed by atoms with Gasteiger partial charge in [-0.05, 0) is 86.7 Å². The number of unbranched alkanes of at least 4 members (excludes halogenated alkanes) is 4. The van der Waals surface area contributed by atoms with E-state index in [1.165, 1.54) is 25.1 Å². The highest BCUT2D eigenvalue weighted by atomic mass is 31.2. The SMILES string of the molecule is CC(=O)NCCOCCC(=O)NC(CCCCNC(=O)c1ccc(N=Nc2ccc(N(C)C)cc2)cc1)C(=O)NCCCCCCNC(=O)C(F)c1ccccc1OP(=O)(O)O. The second kappa shape index (κ2) is 27.2. The van der Waals surface area contributed by atoms with E-state index >= 15 is 0 Å². The van der Waals surface area contributed by atoms with Gasteiger partial charge in [-0.25, -0.2) is 8.96 Å². The molecule has 0 heterocycles. The number of carbonyl (C=O) groups excluding carboxylic acids is 5. The molecule has 5 amide bonds. The van der Waals surface area contributed by atoms with Crippen molar-refractivity contribution in [2.45, 2.75) is 70.5 Å². The van der Waals surface area contributed by atoms with Crippen molar-refractivity contribution in [3.63, 3.8) is 0 Å². The Morgan fingerprint density at radius 2 is 1.31 bits per heavy atom. The maximum absolute atomic E-state index is 14.8. The summed E-state index contributed by atoms with van der Waals surface area (Å²) in [4.78, 5) is 82.2. The highest BCUT2D eigenvalue weighted by Crippen LogP contribution is 2.41. The number of ether oxygens (including phenoxy) is 1. The van der Waals surface area contributed by atoms with E-state index < -0.39 is 31.7 Å². The van der Waals surface area contributed by atoms with Gasteiger partial charge in [0.05, 0.1) is 24.6 Å². The molecule has 0 spiro atoms. The number of alkyl halides is 1. The number of carbonyl (C=O) groups is 5. The second-order valence-corrected chi connectivity index (χ2v) is 15.5. The molecular formula is C42H58FN8O10P. The van der Waals surface area contributed by atoms with E-state index in [1.807, 2.05) is 43.3 Å². The first-order valence-corrected chi connectivity index (χ1v) is 21.9. The molecule has 62 heavy (non-hydrogen) atoms. The van der Waals surface area contributed by atoms with E-state index in [-0.39, 0.29) is 55.4 Å². The molecule has 3 rings (SSSR count). The first kappa shape index (κ1) is 50.6. The number of benzene rings is 3. The van der Waals surface area contributed by atoms with Crippen LogP contribution in [0.5, 0.6) is 5.75 Å². The zero-order valence-corrected chi connectivity index (χ0v) is 36.2. The Bertz CT molecular complexity index is 1970. The van der Waals surface area contributed by atoms with Gasteiger partial charge in [0.1, 0.15) is 11.8 Å². The molecule has 2 atom stereocenters. The Morgan fingerprint density at radius 3 is 1.92 bits per heavy atom. The standard InChI is InChI=1S/C42H58FN8O10P/c1-30(52)44-27-29-60-28-23-38(53)48-36(13-8-11-26-45-40(54)31-15-17-32(18-16-31)49-50-33-19-21-34(22-20-33)51(2)3)41(55)46-24-9-4-5-10-25-47-42(56)39(43)35-12-6-7-14-37(35)61-62(57,58)59/h6-7,12,14-22,36,39H,4-5,8-11,13,23-29H2,1-3H3,(H,44,52)(H,45,54)(H,46,55)(H,47,56)(H,48,53)(H2,57,58,59). The van der Waals surface area contributed by atoms with Crippen molar-refractivity contribution in [3.8, 4) is 5.75 Å². The van der Waals surface area contributed by atoms with Gasteiger partial charge in [0.25, 0.3) is 11.8 Å². The van der Waals surface area contributed by atoms with E-state index in [0.29, 0.717) is 81.5 Å². The summed E-state index contributed by atoms with van der Waals surface area (Å²) in [7, 11) is -1.05. The smallest absolute Gasteiger partial charge is 0.404 e. The van der Waals surface area contributed by atoms with Gasteiger partial charge in [-0.2, -0.15) is 10.2 Å². The van der Waals surface area contributed by atoms with Gasteiger partial charge >= 0.3 is 7.82 Å². The zero-order chi connectivity index (χ0) is 45.3. The Labute approximate surface area is 361 Å². The van der Waals surface area contributed by atoms with Gasteiger partial charge in [0.15, 0.2) is 0 Å². The monoisotopic (exact) mass is 884 g/mol. The summed E-state index contributed by atoms with van der Waals surface area (Å²) in [5.74, 6) is -2.59. The van der Waals surface area contributed by atoms with E-state index in [2.05, 4.69) is 41.3 Å². The zero-order valence-electron chi connectivity index (χ0n) is 35.3. The maximum atomic E-state index is 14.8. The maximum Gasteiger partial charge on any atom is 0.524 e. The van der Waals surface area contributed by atoms with E-state index in [4.69, 9.17) is 14.5 Å². The molecule has 0 fully saturated rings. The highest BCUT2D eigenvalue weighted by molar-refractivity contribution is 7.46. The van der Waals surface area contributed by atoms with Crippen molar-refractivity contribution in [1.29, 1.82) is 0 Å². The van der Waals surface area contributed by atoms with Crippen LogP contribution < -0.4 is 36.0 Å². The third-order valence-electron chi connectivity index (χ3n) is 9.07.